The van der Waals surface area contributed by atoms with Gasteiger partial charge in [-0.3, -0.25) is 4.79 Å². The summed E-state index contributed by atoms with van der Waals surface area (Å²) in [6, 6.07) is 11.1. The maximum absolute atomic E-state index is 12.9. The minimum absolute atomic E-state index is 0.0946. The van der Waals surface area contributed by atoms with Crippen molar-refractivity contribution in [2.24, 2.45) is 0 Å². The third kappa shape index (κ3) is 4.32. The number of fused-ring (bicyclic) bond motifs is 1. The molecule has 2 heterocycles. The predicted octanol–water partition coefficient (Wildman–Crippen LogP) is 4.11. The zero-order valence-electron chi connectivity index (χ0n) is 18.1. The Hall–Kier alpha value is -3.58. The fourth-order valence-electron chi connectivity index (χ4n) is 3.40. The van der Waals surface area contributed by atoms with E-state index in [0.717, 1.165) is 23.4 Å². The summed E-state index contributed by atoms with van der Waals surface area (Å²) in [5.41, 5.74) is 3.90. The highest BCUT2D eigenvalue weighted by Gasteiger charge is 2.14. The molecule has 0 amide bonds. The molecule has 0 radical (unpaired) electrons. The van der Waals surface area contributed by atoms with E-state index >= 15 is 0 Å². The quantitative estimate of drug-likeness (QED) is 0.486. The summed E-state index contributed by atoms with van der Waals surface area (Å²) in [6.07, 6.45) is 2.94. The SMILES string of the molecule is COc1cc2[nH]c(-c3ccc(C)c(OCCN(C)C)c3)cc(=O)c2cc1-c1cnco1. The van der Waals surface area contributed by atoms with Gasteiger partial charge in [0.2, 0.25) is 0 Å². The second-order valence-corrected chi connectivity index (χ2v) is 7.64. The number of hydrogen-bond donors (Lipinski definition) is 1. The molecule has 4 rings (SSSR count). The normalized spacial score (nSPS) is 11.3. The number of pyridine rings is 1. The largest absolute Gasteiger partial charge is 0.496 e. The monoisotopic (exact) mass is 419 g/mol. The Kier molecular flexibility index (Phi) is 5.77. The molecule has 0 bridgehead atoms. The summed E-state index contributed by atoms with van der Waals surface area (Å²) in [5, 5.41) is 0.547. The zero-order chi connectivity index (χ0) is 22.0. The first-order valence-electron chi connectivity index (χ1n) is 9.98. The topological polar surface area (TPSA) is 80.6 Å². The van der Waals surface area contributed by atoms with Crippen molar-refractivity contribution in [1.29, 1.82) is 0 Å². The smallest absolute Gasteiger partial charge is 0.190 e. The van der Waals surface area contributed by atoms with Crippen LogP contribution in [0.2, 0.25) is 0 Å². The van der Waals surface area contributed by atoms with Crippen LogP contribution < -0.4 is 14.9 Å². The number of H-pyrrole nitrogens is 1. The summed E-state index contributed by atoms with van der Waals surface area (Å²) >= 11 is 0. The number of methoxy groups -OCH3 is 1. The summed E-state index contributed by atoms with van der Waals surface area (Å²) < 4.78 is 16.9. The number of likely N-dealkylation sites (N-methyl/N-ethyl adjacent to an activating group) is 1. The lowest BCUT2D eigenvalue weighted by molar-refractivity contribution is 0.260. The van der Waals surface area contributed by atoms with Crippen LogP contribution in [-0.4, -0.2) is 49.2 Å². The Morgan fingerprint density at radius 1 is 1.13 bits per heavy atom. The van der Waals surface area contributed by atoms with Gasteiger partial charge in [-0.05, 0) is 38.7 Å². The molecule has 2 aromatic carbocycles. The van der Waals surface area contributed by atoms with E-state index in [9.17, 15) is 4.79 Å². The van der Waals surface area contributed by atoms with Crippen LogP contribution in [0.25, 0.3) is 33.5 Å². The third-order valence-electron chi connectivity index (χ3n) is 5.14. The van der Waals surface area contributed by atoms with Crippen LogP contribution in [0.5, 0.6) is 11.5 Å². The molecule has 0 aliphatic heterocycles. The first kappa shape index (κ1) is 20.7. The molecule has 0 fully saturated rings. The fraction of sp³-hybridized carbons (Fsp3) is 0.250. The third-order valence-corrected chi connectivity index (χ3v) is 5.14. The second-order valence-electron chi connectivity index (χ2n) is 7.64. The van der Waals surface area contributed by atoms with E-state index < -0.39 is 0 Å². The molecule has 0 aliphatic carbocycles. The molecule has 0 saturated heterocycles. The Morgan fingerprint density at radius 3 is 2.68 bits per heavy atom. The molecule has 4 aromatic rings. The van der Waals surface area contributed by atoms with Gasteiger partial charge < -0.3 is 23.8 Å². The van der Waals surface area contributed by atoms with E-state index in [-0.39, 0.29) is 5.43 Å². The lowest BCUT2D eigenvalue weighted by atomic mass is 10.0. The number of nitrogens with zero attached hydrogens (tertiary/aromatic N) is 2. The van der Waals surface area contributed by atoms with E-state index in [4.69, 9.17) is 13.9 Å². The van der Waals surface area contributed by atoms with E-state index in [1.807, 2.05) is 39.2 Å². The van der Waals surface area contributed by atoms with Gasteiger partial charge in [0.25, 0.3) is 0 Å². The molecule has 7 nitrogen and oxygen atoms in total. The van der Waals surface area contributed by atoms with Gasteiger partial charge in [0.15, 0.2) is 17.6 Å². The highest BCUT2D eigenvalue weighted by molar-refractivity contribution is 5.88. The van der Waals surface area contributed by atoms with Crippen molar-refractivity contribution in [3.8, 4) is 34.1 Å². The molecule has 0 saturated carbocycles. The number of oxazole rings is 1. The number of hydrogen-bond acceptors (Lipinski definition) is 6. The fourth-order valence-corrected chi connectivity index (χ4v) is 3.40. The molecule has 7 heteroatoms. The van der Waals surface area contributed by atoms with Gasteiger partial charge in [-0.25, -0.2) is 4.98 Å². The van der Waals surface area contributed by atoms with Gasteiger partial charge >= 0.3 is 0 Å². The average Bonchev–Trinajstić information content (AvgIpc) is 3.28. The molecule has 160 valence electrons. The molecule has 0 spiro atoms. The maximum Gasteiger partial charge on any atom is 0.190 e. The first-order valence-corrected chi connectivity index (χ1v) is 9.98. The van der Waals surface area contributed by atoms with Gasteiger partial charge in [0, 0.05) is 35.3 Å². The summed E-state index contributed by atoms with van der Waals surface area (Å²) in [4.78, 5) is 22.3. The number of ether oxygens (including phenoxy) is 2. The van der Waals surface area contributed by atoms with Crippen molar-refractivity contribution in [3.05, 3.63) is 64.8 Å². The minimum atomic E-state index is -0.0946. The minimum Gasteiger partial charge on any atom is -0.496 e. The van der Waals surface area contributed by atoms with Gasteiger partial charge in [-0.1, -0.05) is 12.1 Å². The van der Waals surface area contributed by atoms with Crippen molar-refractivity contribution in [2.75, 3.05) is 34.4 Å². The summed E-state index contributed by atoms with van der Waals surface area (Å²) in [5.74, 6) is 1.94. The van der Waals surface area contributed by atoms with Crippen LogP contribution in [0, 0.1) is 6.92 Å². The lowest BCUT2D eigenvalue weighted by Crippen LogP contribution is -2.19. The number of aryl methyl sites for hydroxylation is 1. The number of rotatable bonds is 7. The predicted molar refractivity (Wildman–Crippen MR) is 121 cm³/mol. The van der Waals surface area contributed by atoms with Crippen molar-refractivity contribution in [2.45, 2.75) is 6.92 Å². The maximum atomic E-state index is 12.9. The number of nitrogens with one attached hydrogen (secondary N) is 1. The Bertz CT molecular complexity index is 1260. The molecule has 0 aliphatic rings. The van der Waals surface area contributed by atoms with Gasteiger partial charge in [0.05, 0.1) is 24.4 Å². The van der Waals surface area contributed by atoms with Gasteiger partial charge in [-0.15, -0.1) is 0 Å². The number of benzene rings is 2. The van der Waals surface area contributed by atoms with Crippen molar-refractivity contribution >= 4 is 10.9 Å². The van der Waals surface area contributed by atoms with Crippen LogP contribution in [0.3, 0.4) is 0 Å². The number of aromatic nitrogens is 2. The van der Waals surface area contributed by atoms with Crippen LogP contribution in [-0.2, 0) is 0 Å². The highest BCUT2D eigenvalue weighted by Crippen LogP contribution is 2.33. The zero-order valence-corrected chi connectivity index (χ0v) is 18.1. The van der Waals surface area contributed by atoms with Crippen LogP contribution in [0.1, 0.15) is 5.56 Å². The number of aromatic amines is 1. The van der Waals surface area contributed by atoms with Gasteiger partial charge in [-0.2, -0.15) is 0 Å². The molecular formula is C24H25N3O4. The first-order chi connectivity index (χ1) is 15.0. The van der Waals surface area contributed by atoms with Crippen molar-refractivity contribution < 1.29 is 13.9 Å². The van der Waals surface area contributed by atoms with Crippen LogP contribution in [0.4, 0.5) is 0 Å². The lowest BCUT2D eigenvalue weighted by Gasteiger charge is -2.14. The molecule has 1 N–H and O–H groups in total. The van der Waals surface area contributed by atoms with E-state index in [1.165, 1.54) is 6.39 Å². The standard InChI is InChI=1S/C24H25N3O4/c1-15-5-6-16(9-22(15)30-8-7-27(2)3)19-11-21(28)17-10-18(24-13-25-14-31-24)23(29-4)12-20(17)26-19/h5-6,9-14H,7-8H2,1-4H3,(H,26,28). The Morgan fingerprint density at radius 2 is 1.97 bits per heavy atom. The molecule has 0 atom stereocenters. The highest BCUT2D eigenvalue weighted by atomic mass is 16.5. The molecule has 31 heavy (non-hydrogen) atoms. The molecular weight excluding hydrogens is 394 g/mol. The van der Waals surface area contributed by atoms with Gasteiger partial charge in [0.1, 0.15) is 18.1 Å². The second kappa shape index (κ2) is 8.65. The van der Waals surface area contributed by atoms with E-state index in [0.29, 0.717) is 40.3 Å². The Labute approximate surface area is 180 Å². The summed E-state index contributed by atoms with van der Waals surface area (Å²) in [6.45, 7) is 3.42. The van der Waals surface area contributed by atoms with E-state index in [1.54, 1.807) is 31.5 Å². The van der Waals surface area contributed by atoms with Crippen molar-refractivity contribution in [3.63, 3.8) is 0 Å². The summed E-state index contributed by atoms with van der Waals surface area (Å²) in [7, 11) is 5.60. The molecule has 0 unspecified atom stereocenters. The average molecular weight is 419 g/mol. The molecule has 2 aromatic heterocycles. The van der Waals surface area contributed by atoms with Crippen LogP contribution in [0.15, 0.2) is 58.2 Å². The van der Waals surface area contributed by atoms with Crippen LogP contribution >= 0.6 is 0 Å². The van der Waals surface area contributed by atoms with Crippen molar-refractivity contribution in [1.82, 2.24) is 14.9 Å². The van der Waals surface area contributed by atoms with E-state index in [2.05, 4.69) is 14.9 Å². The Balaban J connectivity index is 1.76.